The zero-order chi connectivity index (χ0) is 18.0. The zero-order valence-corrected chi connectivity index (χ0v) is 15.1. The highest BCUT2D eigenvalue weighted by atomic mass is 35.5. The minimum Gasteiger partial charge on any atom is -0.339 e. The van der Waals surface area contributed by atoms with E-state index >= 15 is 0 Å². The number of nitrogens with one attached hydrogen (secondary N) is 1. The van der Waals surface area contributed by atoms with Crippen molar-refractivity contribution in [3.63, 3.8) is 0 Å². The number of nitrogens with zero attached hydrogens (tertiary/aromatic N) is 4. The molecule has 1 aliphatic heterocycles. The Morgan fingerprint density at radius 3 is 2.88 bits per heavy atom. The predicted octanol–water partition coefficient (Wildman–Crippen LogP) is 2.42. The van der Waals surface area contributed by atoms with E-state index < -0.39 is 15.7 Å². The van der Waals surface area contributed by atoms with Crippen molar-refractivity contribution < 1.29 is 12.8 Å². The van der Waals surface area contributed by atoms with Crippen LogP contribution in [0, 0.1) is 5.82 Å². The lowest BCUT2D eigenvalue weighted by molar-refractivity contribution is 0.598. The van der Waals surface area contributed by atoms with Gasteiger partial charge in [0.1, 0.15) is 5.82 Å². The Balaban J connectivity index is 1.81. The number of rotatable bonds is 5. The van der Waals surface area contributed by atoms with Crippen molar-refractivity contribution >= 4 is 38.9 Å². The lowest BCUT2D eigenvalue weighted by Gasteiger charge is -2.26. The molecule has 3 rings (SSSR count). The minimum atomic E-state index is -3.01. The van der Waals surface area contributed by atoms with Crippen molar-refractivity contribution in [1.82, 2.24) is 15.2 Å². The van der Waals surface area contributed by atoms with Gasteiger partial charge in [-0.15, -0.1) is 5.10 Å². The Bertz CT molecular complexity index is 880. The lowest BCUT2D eigenvalue weighted by atomic mass is 10.2. The molecule has 0 amide bonds. The fraction of sp³-hybridized carbons (Fsp3) is 0.400. The molecule has 0 saturated carbocycles. The van der Waals surface area contributed by atoms with Crippen LogP contribution in [0.15, 0.2) is 24.4 Å². The highest BCUT2D eigenvalue weighted by Gasteiger charge is 2.33. The van der Waals surface area contributed by atoms with Gasteiger partial charge in [-0.25, -0.2) is 12.8 Å². The second-order valence-corrected chi connectivity index (χ2v) is 8.37. The molecule has 25 heavy (non-hydrogen) atoms. The zero-order valence-electron chi connectivity index (χ0n) is 13.5. The summed E-state index contributed by atoms with van der Waals surface area (Å²) in [4.78, 5) is 6.23. The van der Waals surface area contributed by atoms with E-state index in [1.54, 1.807) is 0 Å². The van der Waals surface area contributed by atoms with Gasteiger partial charge in [-0.2, -0.15) is 10.1 Å². The summed E-state index contributed by atoms with van der Waals surface area (Å²) in [7, 11) is -3.01. The molecule has 1 aliphatic rings. The van der Waals surface area contributed by atoms with E-state index in [4.69, 9.17) is 11.6 Å². The van der Waals surface area contributed by atoms with Crippen molar-refractivity contribution in [2.75, 3.05) is 28.3 Å². The van der Waals surface area contributed by atoms with Crippen LogP contribution in [-0.2, 0) is 9.84 Å². The average Bonchev–Trinajstić information content (AvgIpc) is 2.92. The van der Waals surface area contributed by atoms with Crippen molar-refractivity contribution in [3.8, 4) is 0 Å². The normalized spacial score (nSPS) is 18.9. The Kier molecular flexibility index (Phi) is 5.05. The summed E-state index contributed by atoms with van der Waals surface area (Å²) in [6, 6.07) is 4.07. The van der Waals surface area contributed by atoms with Gasteiger partial charge < -0.3 is 10.2 Å². The number of benzene rings is 1. The third-order valence-corrected chi connectivity index (χ3v) is 6.03. The molecule has 1 aromatic carbocycles. The van der Waals surface area contributed by atoms with Gasteiger partial charge in [0.05, 0.1) is 22.7 Å². The molecule has 2 aromatic rings. The van der Waals surface area contributed by atoms with Gasteiger partial charge in [0.25, 0.3) is 0 Å². The van der Waals surface area contributed by atoms with E-state index in [9.17, 15) is 12.8 Å². The first-order valence-electron chi connectivity index (χ1n) is 7.77. The van der Waals surface area contributed by atoms with Crippen LogP contribution in [0.5, 0.6) is 0 Å². The van der Waals surface area contributed by atoms with Gasteiger partial charge in [-0.3, -0.25) is 0 Å². The highest BCUT2D eigenvalue weighted by Crippen LogP contribution is 2.24. The molecule has 2 heterocycles. The van der Waals surface area contributed by atoms with E-state index in [0.717, 1.165) is 0 Å². The molecule has 134 valence electrons. The smallest absolute Gasteiger partial charge is 0.247 e. The summed E-state index contributed by atoms with van der Waals surface area (Å²) in [5.41, 5.74) is 0.560. The molecule has 1 atom stereocenters. The Labute approximate surface area is 150 Å². The number of sulfone groups is 1. The summed E-state index contributed by atoms with van der Waals surface area (Å²) in [6.07, 6.45) is 1.98. The molecule has 0 aliphatic carbocycles. The summed E-state index contributed by atoms with van der Waals surface area (Å²) >= 11 is 5.77. The summed E-state index contributed by atoms with van der Waals surface area (Å²) in [6.45, 7) is 2.47. The summed E-state index contributed by atoms with van der Waals surface area (Å²) in [5.74, 6) is 0.520. The Morgan fingerprint density at radius 2 is 2.24 bits per heavy atom. The molecular formula is C15H17ClFN5O2S. The molecular weight excluding hydrogens is 369 g/mol. The van der Waals surface area contributed by atoms with Gasteiger partial charge in [-0.05, 0) is 31.5 Å². The van der Waals surface area contributed by atoms with Crippen molar-refractivity contribution in [2.24, 2.45) is 0 Å². The standard InChI is InChI=1S/C15H17ClFN5O2S/c1-2-22(11-5-6-25(23,24)9-11)15-20-14(8-18-21-15)19-10-3-4-13(17)12(16)7-10/h3-4,7-8,11H,2,5-6,9H2,1H3,(H,19,20,21). The number of hydrogen-bond donors (Lipinski definition) is 1. The van der Waals surface area contributed by atoms with E-state index in [-0.39, 0.29) is 22.6 Å². The first kappa shape index (κ1) is 17.8. The van der Waals surface area contributed by atoms with Crippen LogP contribution in [0.4, 0.5) is 21.8 Å². The maximum atomic E-state index is 13.2. The Hall–Kier alpha value is -2.00. The van der Waals surface area contributed by atoms with Crippen LogP contribution in [0.2, 0.25) is 5.02 Å². The molecule has 1 fully saturated rings. The quantitative estimate of drug-likeness (QED) is 0.845. The van der Waals surface area contributed by atoms with Crippen LogP contribution in [0.3, 0.4) is 0 Å². The van der Waals surface area contributed by atoms with Gasteiger partial charge >= 0.3 is 0 Å². The second-order valence-electron chi connectivity index (χ2n) is 5.74. The first-order valence-corrected chi connectivity index (χ1v) is 9.97. The minimum absolute atomic E-state index is 0.00131. The molecule has 1 N–H and O–H groups in total. The van der Waals surface area contributed by atoms with Crippen LogP contribution in [0.25, 0.3) is 0 Å². The van der Waals surface area contributed by atoms with Gasteiger partial charge in [0.2, 0.25) is 5.95 Å². The van der Waals surface area contributed by atoms with Crippen LogP contribution in [0.1, 0.15) is 13.3 Å². The molecule has 7 nitrogen and oxygen atoms in total. The van der Waals surface area contributed by atoms with E-state index in [1.165, 1.54) is 24.4 Å². The first-order chi connectivity index (χ1) is 11.9. The average molecular weight is 386 g/mol. The molecule has 1 aromatic heterocycles. The monoisotopic (exact) mass is 385 g/mol. The van der Waals surface area contributed by atoms with Crippen molar-refractivity contribution in [2.45, 2.75) is 19.4 Å². The third kappa shape index (κ3) is 4.16. The van der Waals surface area contributed by atoms with Crippen LogP contribution >= 0.6 is 11.6 Å². The number of hydrogen-bond acceptors (Lipinski definition) is 7. The highest BCUT2D eigenvalue weighted by molar-refractivity contribution is 7.91. The SMILES string of the molecule is CCN(c1nncc(Nc2ccc(F)c(Cl)c2)n1)C1CCS(=O)(=O)C1. The maximum Gasteiger partial charge on any atom is 0.247 e. The molecule has 10 heteroatoms. The van der Waals surface area contributed by atoms with Crippen LogP contribution < -0.4 is 10.2 Å². The summed E-state index contributed by atoms with van der Waals surface area (Å²) in [5, 5.41) is 10.9. The second kappa shape index (κ2) is 7.09. The molecule has 1 saturated heterocycles. The largest absolute Gasteiger partial charge is 0.339 e. The van der Waals surface area contributed by atoms with Gasteiger partial charge in [0.15, 0.2) is 15.7 Å². The van der Waals surface area contributed by atoms with Crippen LogP contribution in [-0.4, -0.2) is 47.7 Å². The number of halogens is 2. The van der Waals surface area contributed by atoms with E-state index in [0.29, 0.717) is 30.4 Å². The molecule has 1 unspecified atom stereocenters. The molecule has 0 bridgehead atoms. The molecule has 0 radical (unpaired) electrons. The topological polar surface area (TPSA) is 88.1 Å². The maximum absolute atomic E-state index is 13.2. The van der Waals surface area contributed by atoms with Crippen molar-refractivity contribution in [3.05, 3.63) is 35.2 Å². The number of anilines is 3. The summed E-state index contributed by atoms with van der Waals surface area (Å²) < 4.78 is 36.7. The third-order valence-electron chi connectivity index (χ3n) is 3.99. The lowest BCUT2D eigenvalue weighted by Crippen LogP contribution is -2.37. The van der Waals surface area contributed by atoms with E-state index in [2.05, 4.69) is 20.5 Å². The fourth-order valence-electron chi connectivity index (χ4n) is 2.78. The fourth-order valence-corrected chi connectivity index (χ4v) is 4.69. The predicted molar refractivity (Wildman–Crippen MR) is 94.6 cm³/mol. The Morgan fingerprint density at radius 1 is 1.44 bits per heavy atom. The van der Waals surface area contributed by atoms with Gasteiger partial charge in [-0.1, -0.05) is 11.6 Å². The van der Waals surface area contributed by atoms with Gasteiger partial charge in [0, 0.05) is 18.3 Å². The van der Waals surface area contributed by atoms with Crippen molar-refractivity contribution in [1.29, 1.82) is 0 Å². The molecule has 0 spiro atoms. The van der Waals surface area contributed by atoms with E-state index in [1.807, 2.05) is 11.8 Å². The number of aromatic nitrogens is 3.